The number of aliphatic hydroxyl groups is 1. The zero-order chi connectivity index (χ0) is 13.7. The molecule has 0 aromatic carbocycles. The first-order valence-electron chi connectivity index (χ1n) is 6.82. The second-order valence-corrected chi connectivity index (χ2v) is 5.46. The van der Waals surface area contributed by atoms with E-state index in [1.165, 1.54) is 5.57 Å². The molecule has 2 aliphatic carbocycles. The summed E-state index contributed by atoms with van der Waals surface area (Å²) in [7, 11) is 0. The lowest BCUT2D eigenvalue weighted by molar-refractivity contribution is 0.281. The fourth-order valence-corrected chi connectivity index (χ4v) is 2.29. The van der Waals surface area contributed by atoms with Crippen molar-refractivity contribution in [2.45, 2.75) is 25.3 Å². The van der Waals surface area contributed by atoms with Gasteiger partial charge in [-0.1, -0.05) is 0 Å². The minimum Gasteiger partial charge on any atom is -0.396 e. The van der Waals surface area contributed by atoms with Crippen molar-refractivity contribution in [1.82, 2.24) is 19.5 Å². The first-order valence-corrected chi connectivity index (χ1v) is 6.82. The number of nitrogens with two attached hydrogens (primary N) is 1. The van der Waals surface area contributed by atoms with E-state index in [2.05, 4.69) is 20.3 Å². The third-order valence-electron chi connectivity index (χ3n) is 3.73. The van der Waals surface area contributed by atoms with E-state index in [-0.39, 0.29) is 18.5 Å². The van der Waals surface area contributed by atoms with Crippen LogP contribution in [0.3, 0.4) is 0 Å². The summed E-state index contributed by atoms with van der Waals surface area (Å²) in [6, 6.07) is 0.484. The van der Waals surface area contributed by atoms with Crippen LogP contribution >= 0.6 is 0 Å². The first kappa shape index (κ1) is 11.7. The Kier molecular flexibility index (Phi) is 2.43. The molecule has 20 heavy (non-hydrogen) atoms. The number of nitrogen functional groups attached to an aromatic ring is 1. The Morgan fingerprint density at radius 3 is 3.00 bits per heavy atom. The maximum atomic E-state index is 9.09. The Morgan fingerprint density at radius 1 is 1.45 bits per heavy atom. The summed E-state index contributed by atoms with van der Waals surface area (Å²) in [4.78, 5) is 12.9. The van der Waals surface area contributed by atoms with Crippen molar-refractivity contribution in [2.24, 2.45) is 5.92 Å². The Morgan fingerprint density at radius 2 is 2.30 bits per heavy atom. The number of aromatic nitrogens is 4. The minimum atomic E-state index is 0.198. The van der Waals surface area contributed by atoms with Crippen LogP contribution in [0.25, 0.3) is 17.4 Å². The SMILES string of the molecule is Nc1nc(NC2CC2)c2ncn(/C=C3/C[C@@H]3CO)c2n1. The molecule has 0 amide bonds. The quantitative estimate of drug-likeness (QED) is 0.762. The number of nitrogens with one attached hydrogen (secondary N) is 1. The molecule has 0 unspecified atom stereocenters. The van der Waals surface area contributed by atoms with Gasteiger partial charge in [-0.2, -0.15) is 9.97 Å². The number of imidazole rings is 1. The maximum Gasteiger partial charge on any atom is 0.224 e. The van der Waals surface area contributed by atoms with Crippen molar-refractivity contribution in [3.05, 3.63) is 11.9 Å². The summed E-state index contributed by atoms with van der Waals surface area (Å²) in [5.41, 5.74) is 8.44. The molecule has 2 aromatic rings. The number of nitrogens with zero attached hydrogens (tertiary/aromatic N) is 4. The van der Waals surface area contributed by atoms with E-state index in [9.17, 15) is 0 Å². The molecule has 0 saturated heterocycles. The van der Waals surface area contributed by atoms with Crippen LogP contribution in [0.4, 0.5) is 11.8 Å². The summed E-state index contributed by atoms with van der Waals surface area (Å²) in [5, 5.41) is 12.4. The predicted molar refractivity (Wildman–Crippen MR) is 75.8 cm³/mol. The lowest BCUT2D eigenvalue weighted by atomic mass is 10.4. The average molecular weight is 272 g/mol. The molecule has 0 bridgehead atoms. The second kappa shape index (κ2) is 4.17. The highest BCUT2D eigenvalue weighted by molar-refractivity contribution is 5.85. The van der Waals surface area contributed by atoms with Gasteiger partial charge in [0.25, 0.3) is 0 Å². The normalized spacial score (nSPS) is 23.4. The molecule has 2 heterocycles. The first-order chi connectivity index (χ1) is 9.74. The van der Waals surface area contributed by atoms with Gasteiger partial charge in [0.2, 0.25) is 5.95 Å². The minimum absolute atomic E-state index is 0.198. The van der Waals surface area contributed by atoms with E-state index in [4.69, 9.17) is 10.8 Å². The maximum absolute atomic E-state index is 9.09. The second-order valence-electron chi connectivity index (χ2n) is 5.46. The van der Waals surface area contributed by atoms with Crippen molar-refractivity contribution in [3.8, 4) is 0 Å². The summed E-state index contributed by atoms with van der Waals surface area (Å²) < 4.78 is 1.86. The van der Waals surface area contributed by atoms with Crippen LogP contribution in [-0.2, 0) is 0 Å². The molecule has 2 aliphatic rings. The van der Waals surface area contributed by atoms with E-state index in [0.717, 1.165) is 24.8 Å². The lowest BCUT2D eigenvalue weighted by Gasteiger charge is -2.05. The fraction of sp³-hybridized carbons (Fsp3) is 0.462. The summed E-state index contributed by atoms with van der Waals surface area (Å²) in [5.74, 6) is 1.24. The van der Waals surface area contributed by atoms with Crippen LogP contribution < -0.4 is 11.1 Å². The third kappa shape index (κ3) is 2.00. The number of hydrogen-bond acceptors (Lipinski definition) is 6. The number of rotatable bonds is 4. The number of anilines is 2. The van der Waals surface area contributed by atoms with Crippen LogP contribution in [0.1, 0.15) is 19.3 Å². The smallest absolute Gasteiger partial charge is 0.224 e. The Balaban J connectivity index is 1.75. The van der Waals surface area contributed by atoms with E-state index >= 15 is 0 Å². The van der Waals surface area contributed by atoms with E-state index < -0.39 is 0 Å². The Hall–Kier alpha value is -2.15. The molecule has 0 radical (unpaired) electrons. The van der Waals surface area contributed by atoms with Gasteiger partial charge >= 0.3 is 0 Å². The molecule has 2 saturated carbocycles. The highest BCUT2D eigenvalue weighted by Gasteiger charge is 2.29. The van der Waals surface area contributed by atoms with E-state index in [1.807, 2.05) is 10.8 Å². The van der Waals surface area contributed by atoms with Crippen LogP contribution in [0.15, 0.2) is 11.9 Å². The molecule has 2 aromatic heterocycles. The van der Waals surface area contributed by atoms with Crippen molar-refractivity contribution in [2.75, 3.05) is 17.7 Å². The highest BCUT2D eigenvalue weighted by atomic mass is 16.3. The van der Waals surface area contributed by atoms with Gasteiger partial charge in [-0.05, 0) is 24.8 Å². The zero-order valence-electron chi connectivity index (χ0n) is 11.0. The van der Waals surface area contributed by atoms with Gasteiger partial charge in [-0.25, -0.2) is 4.98 Å². The van der Waals surface area contributed by atoms with E-state index in [0.29, 0.717) is 17.5 Å². The van der Waals surface area contributed by atoms with Gasteiger partial charge in [-0.15, -0.1) is 0 Å². The molecule has 7 heteroatoms. The topological polar surface area (TPSA) is 102 Å². The van der Waals surface area contributed by atoms with Gasteiger partial charge in [0.15, 0.2) is 17.0 Å². The number of aliphatic hydroxyl groups excluding tert-OH is 1. The molecule has 0 aliphatic heterocycles. The fourth-order valence-electron chi connectivity index (χ4n) is 2.29. The Labute approximate surface area is 115 Å². The van der Waals surface area contributed by atoms with Crippen LogP contribution in [0.5, 0.6) is 0 Å². The third-order valence-corrected chi connectivity index (χ3v) is 3.73. The van der Waals surface area contributed by atoms with Crippen LogP contribution in [0, 0.1) is 5.92 Å². The number of hydrogen-bond donors (Lipinski definition) is 3. The standard InChI is InChI=1S/C13H16N6O/c14-13-17-11(16-9-1-2-9)10-12(18-13)19(6-15-10)4-7-3-8(7)5-20/h4,6,8-9,20H,1-3,5H2,(H3,14,16,17,18)/b7-4-/t8-/m1/s1. The van der Waals surface area contributed by atoms with Crippen molar-refractivity contribution in [1.29, 1.82) is 0 Å². The van der Waals surface area contributed by atoms with Crippen LogP contribution in [0.2, 0.25) is 0 Å². The molecule has 0 spiro atoms. The van der Waals surface area contributed by atoms with Crippen LogP contribution in [-0.4, -0.2) is 37.3 Å². The summed E-state index contributed by atoms with van der Waals surface area (Å²) in [6.45, 7) is 0.198. The molecular formula is C13H16N6O. The molecule has 1 atom stereocenters. The van der Waals surface area contributed by atoms with Crippen molar-refractivity contribution < 1.29 is 5.11 Å². The number of fused-ring (bicyclic) bond motifs is 1. The predicted octanol–water partition coefficient (Wildman–Crippen LogP) is 0.836. The monoisotopic (exact) mass is 272 g/mol. The zero-order valence-corrected chi connectivity index (χ0v) is 11.0. The lowest BCUT2D eigenvalue weighted by Crippen LogP contribution is -2.07. The average Bonchev–Trinajstić information content (AvgIpc) is 3.32. The van der Waals surface area contributed by atoms with Gasteiger partial charge in [-0.3, -0.25) is 4.57 Å². The van der Waals surface area contributed by atoms with Gasteiger partial charge in [0, 0.05) is 24.8 Å². The highest BCUT2D eigenvalue weighted by Crippen LogP contribution is 2.38. The van der Waals surface area contributed by atoms with Crippen molar-refractivity contribution >= 4 is 29.1 Å². The molecule has 4 N–H and O–H groups in total. The van der Waals surface area contributed by atoms with Gasteiger partial charge in [0.05, 0.1) is 0 Å². The molecule has 2 fully saturated rings. The van der Waals surface area contributed by atoms with E-state index in [1.54, 1.807) is 6.33 Å². The largest absolute Gasteiger partial charge is 0.396 e. The Bertz CT molecular complexity index is 702. The van der Waals surface area contributed by atoms with Gasteiger partial charge in [0.1, 0.15) is 6.33 Å². The van der Waals surface area contributed by atoms with Gasteiger partial charge < -0.3 is 16.2 Å². The molecular weight excluding hydrogens is 256 g/mol. The molecule has 104 valence electrons. The molecule has 7 nitrogen and oxygen atoms in total. The summed E-state index contributed by atoms with van der Waals surface area (Å²) >= 11 is 0. The molecule has 4 rings (SSSR count). The van der Waals surface area contributed by atoms with Crippen molar-refractivity contribution in [3.63, 3.8) is 0 Å². The summed E-state index contributed by atoms with van der Waals surface area (Å²) in [6.07, 6.45) is 6.95.